The summed E-state index contributed by atoms with van der Waals surface area (Å²) < 4.78 is 6.15. The minimum Gasteiger partial charge on any atom is -0.490 e. The zero-order valence-electron chi connectivity index (χ0n) is 15.8. The number of hydrogen-bond acceptors (Lipinski definition) is 4. The van der Waals surface area contributed by atoms with Gasteiger partial charge in [-0.3, -0.25) is 9.69 Å². The molecule has 3 rings (SSSR count). The molecule has 2 fully saturated rings. The zero-order chi connectivity index (χ0) is 17.8. The summed E-state index contributed by atoms with van der Waals surface area (Å²) in [6, 6.07) is 8.14. The molecular weight excluding hydrogens is 314 g/mol. The Bertz CT molecular complexity index is 576. The van der Waals surface area contributed by atoms with Crippen LogP contribution in [0.25, 0.3) is 0 Å². The number of carbonyl (C=O) groups excluding carboxylic acids is 1. The number of piperidine rings is 1. The summed E-state index contributed by atoms with van der Waals surface area (Å²) in [6.07, 6.45) is 2.04. The lowest BCUT2D eigenvalue weighted by molar-refractivity contribution is -0.138. The molecule has 0 aliphatic carbocycles. The lowest BCUT2D eigenvalue weighted by atomic mass is 10.1. The molecule has 5 nitrogen and oxygen atoms in total. The molecule has 0 aromatic heterocycles. The first-order valence-corrected chi connectivity index (χ1v) is 9.48. The molecule has 25 heavy (non-hydrogen) atoms. The highest BCUT2D eigenvalue weighted by Gasteiger charge is 2.31. The second kappa shape index (κ2) is 8.19. The van der Waals surface area contributed by atoms with Crippen molar-refractivity contribution in [3.63, 3.8) is 0 Å². The quantitative estimate of drug-likeness (QED) is 0.836. The highest BCUT2D eigenvalue weighted by Crippen LogP contribution is 2.23. The summed E-state index contributed by atoms with van der Waals surface area (Å²) in [5.41, 5.74) is 1.17. The van der Waals surface area contributed by atoms with E-state index in [1.54, 1.807) is 0 Å². The highest BCUT2D eigenvalue weighted by molar-refractivity contribution is 5.81. The van der Waals surface area contributed by atoms with Gasteiger partial charge >= 0.3 is 0 Å². The number of likely N-dealkylation sites (N-methyl/N-ethyl adjacent to an activating group) is 1. The summed E-state index contributed by atoms with van der Waals surface area (Å²) in [7, 11) is 2.14. The van der Waals surface area contributed by atoms with Crippen LogP contribution in [0, 0.1) is 6.92 Å². The van der Waals surface area contributed by atoms with Crippen LogP contribution in [-0.4, -0.2) is 79.1 Å². The van der Waals surface area contributed by atoms with Crippen molar-refractivity contribution in [2.24, 2.45) is 0 Å². The normalized spacial score (nSPS) is 22.0. The molecule has 0 bridgehead atoms. The Hall–Kier alpha value is -1.59. The van der Waals surface area contributed by atoms with Gasteiger partial charge in [-0.2, -0.15) is 0 Å². The van der Waals surface area contributed by atoms with E-state index in [0.29, 0.717) is 0 Å². The fraction of sp³-hybridized carbons (Fsp3) is 0.650. The zero-order valence-corrected chi connectivity index (χ0v) is 15.8. The number of rotatable bonds is 4. The summed E-state index contributed by atoms with van der Waals surface area (Å²) in [4.78, 5) is 19.5. The summed E-state index contributed by atoms with van der Waals surface area (Å²) in [5.74, 6) is 1.25. The maximum absolute atomic E-state index is 12.8. The van der Waals surface area contributed by atoms with Gasteiger partial charge in [-0.05, 0) is 32.5 Å². The number of carbonyl (C=O) groups is 1. The minimum atomic E-state index is -0.0115. The smallest absolute Gasteiger partial charge is 0.239 e. The molecule has 2 heterocycles. The van der Waals surface area contributed by atoms with Crippen LogP contribution >= 0.6 is 0 Å². The topological polar surface area (TPSA) is 36.0 Å². The van der Waals surface area contributed by atoms with Crippen molar-refractivity contribution in [3.05, 3.63) is 29.8 Å². The van der Waals surface area contributed by atoms with E-state index in [2.05, 4.69) is 36.8 Å². The third-order valence-electron chi connectivity index (χ3n) is 5.58. The second-order valence-electron chi connectivity index (χ2n) is 7.42. The van der Waals surface area contributed by atoms with Gasteiger partial charge in [0.05, 0.1) is 6.04 Å². The highest BCUT2D eigenvalue weighted by atomic mass is 16.5. The Morgan fingerprint density at radius 3 is 2.36 bits per heavy atom. The van der Waals surface area contributed by atoms with E-state index >= 15 is 0 Å². The number of nitrogens with zero attached hydrogens (tertiary/aromatic N) is 3. The van der Waals surface area contributed by atoms with Crippen molar-refractivity contribution in [2.45, 2.75) is 38.8 Å². The molecule has 2 saturated heterocycles. The maximum Gasteiger partial charge on any atom is 0.239 e. The number of amides is 1. The Morgan fingerprint density at radius 1 is 1.08 bits per heavy atom. The SMILES string of the molecule is Cc1ccccc1OC1CCN(C(=O)C(C)N2CCN(C)CC2)CC1. The van der Waals surface area contributed by atoms with Crippen LogP contribution < -0.4 is 4.74 Å². The first-order valence-electron chi connectivity index (χ1n) is 9.48. The van der Waals surface area contributed by atoms with Gasteiger partial charge in [0.15, 0.2) is 0 Å². The molecule has 0 radical (unpaired) electrons. The number of piperazine rings is 1. The molecule has 0 spiro atoms. The Labute approximate surface area is 151 Å². The van der Waals surface area contributed by atoms with Crippen LogP contribution in [-0.2, 0) is 4.79 Å². The molecule has 1 aromatic carbocycles. The van der Waals surface area contributed by atoms with Crippen molar-refractivity contribution < 1.29 is 9.53 Å². The van der Waals surface area contributed by atoms with Gasteiger partial charge in [-0.15, -0.1) is 0 Å². The lowest BCUT2D eigenvalue weighted by Gasteiger charge is -2.39. The first-order chi connectivity index (χ1) is 12.0. The molecule has 1 amide bonds. The molecule has 1 unspecified atom stereocenters. The fourth-order valence-corrected chi connectivity index (χ4v) is 3.69. The molecule has 2 aliphatic rings. The van der Waals surface area contributed by atoms with Crippen LogP contribution in [0.15, 0.2) is 24.3 Å². The average molecular weight is 345 g/mol. The van der Waals surface area contributed by atoms with Crippen molar-refractivity contribution in [1.29, 1.82) is 0 Å². The minimum absolute atomic E-state index is 0.0115. The second-order valence-corrected chi connectivity index (χ2v) is 7.42. The van der Waals surface area contributed by atoms with E-state index in [4.69, 9.17) is 4.74 Å². The van der Waals surface area contributed by atoms with Gasteiger partial charge in [0.2, 0.25) is 5.91 Å². The number of hydrogen-bond donors (Lipinski definition) is 0. The van der Waals surface area contributed by atoms with E-state index in [0.717, 1.165) is 57.9 Å². The van der Waals surface area contributed by atoms with E-state index in [9.17, 15) is 4.79 Å². The lowest BCUT2D eigenvalue weighted by Crippen LogP contribution is -2.55. The first kappa shape index (κ1) is 18.2. The summed E-state index contributed by atoms with van der Waals surface area (Å²) in [6.45, 7) is 9.79. The predicted octanol–water partition coefficient (Wildman–Crippen LogP) is 2.00. The van der Waals surface area contributed by atoms with E-state index in [-0.39, 0.29) is 18.1 Å². The van der Waals surface area contributed by atoms with Crippen LogP contribution in [0.3, 0.4) is 0 Å². The van der Waals surface area contributed by atoms with Gasteiger partial charge in [-0.25, -0.2) is 0 Å². The van der Waals surface area contributed by atoms with E-state index in [1.807, 2.05) is 23.1 Å². The number of likely N-dealkylation sites (tertiary alicyclic amines) is 1. The third-order valence-corrected chi connectivity index (χ3v) is 5.58. The largest absolute Gasteiger partial charge is 0.490 e. The fourth-order valence-electron chi connectivity index (χ4n) is 3.69. The van der Waals surface area contributed by atoms with Gasteiger partial charge in [0.1, 0.15) is 11.9 Å². The summed E-state index contributed by atoms with van der Waals surface area (Å²) in [5, 5.41) is 0. The van der Waals surface area contributed by atoms with Crippen LogP contribution in [0.4, 0.5) is 0 Å². The van der Waals surface area contributed by atoms with Crippen LogP contribution in [0.5, 0.6) is 5.75 Å². The molecule has 1 atom stereocenters. The number of ether oxygens (including phenoxy) is 1. The maximum atomic E-state index is 12.8. The average Bonchev–Trinajstić information content (AvgIpc) is 2.64. The third kappa shape index (κ3) is 4.53. The summed E-state index contributed by atoms with van der Waals surface area (Å²) >= 11 is 0. The molecule has 5 heteroatoms. The van der Waals surface area contributed by atoms with Crippen molar-refractivity contribution in [1.82, 2.24) is 14.7 Å². The predicted molar refractivity (Wildman–Crippen MR) is 99.9 cm³/mol. The van der Waals surface area contributed by atoms with Gasteiger partial charge in [-0.1, -0.05) is 18.2 Å². The molecule has 138 valence electrons. The standard InChI is InChI=1S/C20H31N3O2/c1-16-6-4-5-7-19(16)25-18-8-10-23(11-9-18)20(24)17(2)22-14-12-21(3)13-15-22/h4-7,17-18H,8-15H2,1-3H3. The van der Waals surface area contributed by atoms with Crippen molar-refractivity contribution >= 4 is 5.91 Å². The molecule has 0 saturated carbocycles. The molecular formula is C20H31N3O2. The van der Waals surface area contributed by atoms with Gasteiger partial charge in [0, 0.05) is 52.1 Å². The number of benzene rings is 1. The van der Waals surface area contributed by atoms with E-state index < -0.39 is 0 Å². The Morgan fingerprint density at radius 2 is 1.72 bits per heavy atom. The van der Waals surface area contributed by atoms with Crippen molar-refractivity contribution in [2.75, 3.05) is 46.3 Å². The Balaban J connectivity index is 1.48. The molecule has 1 aromatic rings. The molecule has 2 aliphatic heterocycles. The van der Waals surface area contributed by atoms with Crippen molar-refractivity contribution in [3.8, 4) is 5.75 Å². The number of aryl methyl sites for hydroxylation is 1. The van der Waals surface area contributed by atoms with Crippen LogP contribution in [0.2, 0.25) is 0 Å². The Kier molecular flexibility index (Phi) is 5.97. The van der Waals surface area contributed by atoms with E-state index in [1.165, 1.54) is 5.56 Å². The number of para-hydroxylation sites is 1. The molecule has 0 N–H and O–H groups in total. The van der Waals surface area contributed by atoms with Crippen LogP contribution in [0.1, 0.15) is 25.3 Å². The monoisotopic (exact) mass is 345 g/mol. The van der Waals surface area contributed by atoms with Gasteiger partial charge < -0.3 is 14.5 Å². The van der Waals surface area contributed by atoms with Gasteiger partial charge in [0.25, 0.3) is 0 Å².